The maximum absolute atomic E-state index is 11.8. The first-order chi connectivity index (χ1) is 13.3. The molecule has 0 bridgehead atoms. The molecule has 0 saturated carbocycles. The smallest absolute Gasteiger partial charge is 0.211 e. The van der Waals surface area contributed by atoms with Gasteiger partial charge in [-0.15, -0.1) is 0 Å². The van der Waals surface area contributed by atoms with Crippen LogP contribution in [-0.4, -0.2) is 60.2 Å². The number of piperazine rings is 1. The molecule has 146 valence electrons. The van der Waals surface area contributed by atoms with Gasteiger partial charge in [-0.3, -0.25) is 0 Å². The van der Waals surface area contributed by atoms with E-state index in [4.69, 9.17) is 4.98 Å². The second-order valence-electron chi connectivity index (χ2n) is 7.06. The predicted octanol–water partition coefficient (Wildman–Crippen LogP) is 2.39. The Kier molecular flexibility index (Phi) is 4.68. The van der Waals surface area contributed by atoms with Gasteiger partial charge in [0.05, 0.1) is 17.3 Å². The lowest BCUT2D eigenvalue weighted by atomic mass is 10.1. The zero-order chi connectivity index (χ0) is 19.9. The summed E-state index contributed by atoms with van der Waals surface area (Å²) in [5.41, 5.74) is 2.46. The summed E-state index contributed by atoms with van der Waals surface area (Å²) in [6.07, 6.45) is 1.24. The fourth-order valence-corrected chi connectivity index (χ4v) is 4.31. The Hall–Kier alpha value is -2.71. The van der Waals surface area contributed by atoms with Crippen molar-refractivity contribution in [1.82, 2.24) is 14.3 Å². The zero-order valence-electron chi connectivity index (χ0n) is 15.8. The summed E-state index contributed by atoms with van der Waals surface area (Å²) in [6.45, 7) is 3.94. The topological polar surface area (TPSA) is 86.6 Å². The predicted molar refractivity (Wildman–Crippen MR) is 110 cm³/mol. The molecular formula is C20H22N4O3S. The van der Waals surface area contributed by atoms with Crippen molar-refractivity contribution in [2.45, 2.75) is 6.92 Å². The molecule has 1 aliphatic heterocycles. The normalized spacial score (nSPS) is 15.9. The van der Waals surface area contributed by atoms with Crippen molar-refractivity contribution in [1.29, 1.82) is 0 Å². The summed E-state index contributed by atoms with van der Waals surface area (Å²) < 4.78 is 25.1. The van der Waals surface area contributed by atoms with Gasteiger partial charge >= 0.3 is 0 Å². The van der Waals surface area contributed by atoms with E-state index in [2.05, 4.69) is 9.88 Å². The minimum absolute atomic E-state index is 0.127. The van der Waals surface area contributed by atoms with Crippen LogP contribution in [0.4, 0.5) is 5.82 Å². The van der Waals surface area contributed by atoms with Gasteiger partial charge in [0, 0.05) is 31.6 Å². The molecule has 0 spiro atoms. The fraction of sp³-hybridized carbons (Fsp3) is 0.300. The van der Waals surface area contributed by atoms with Crippen LogP contribution in [0.15, 0.2) is 42.5 Å². The third-order valence-electron chi connectivity index (χ3n) is 4.98. The maximum atomic E-state index is 11.8. The molecule has 1 aromatic heterocycles. The molecule has 7 nitrogen and oxygen atoms in total. The molecule has 1 saturated heterocycles. The minimum Gasteiger partial charge on any atom is -0.507 e. The first-order valence-electron chi connectivity index (χ1n) is 9.10. The number of rotatable bonds is 3. The first-order valence-corrected chi connectivity index (χ1v) is 10.9. The van der Waals surface area contributed by atoms with E-state index in [0.29, 0.717) is 37.6 Å². The van der Waals surface area contributed by atoms with Crippen LogP contribution in [0.3, 0.4) is 0 Å². The van der Waals surface area contributed by atoms with Crippen molar-refractivity contribution in [2.24, 2.45) is 0 Å². The lowest BCUT2D eigenvalue weighted by molar-refractivity contribution is 0.387. The van der Waals surface area contributed by atoms with Crippen LogP contribution in [0.2, 0.25) is 0 Å². The molecule has 0 aliphatic carbocycles. The average molecular weight is 398 g/mol. The number of aromatic hydroxyl groups is 1. The summed E-state index contributed by atoms with van der Waals surface area (Å²) in [5, 5.41) is 11.2. The van der Waals surface area contributed by atoms with Crippen molar-refractivity contribution in [3.05, 3.63) is 48.0 Å². The van der Waals surface area contributed by atoms with E-state index in [1.165, 1.54) is 10.6 Å². The molecule has 0 unspecified atom stereocenters. The lowest BCUT2D eigenvalue weighted by Crippen LogP contribution is -2.48. The molecule has 2 heterocycles. The van der Waals surface area contributed by atoms with Crippen molar-refractivity contribution in [3.63, 3.8) is 0 Å². The molecule has 0 radical (unpaired) electrons. The maximum Gasteiger partial charge on any atom is 0.211 e. The molecule has 0 atom stereocenters. The number of phenols is 1. The van der Waals surface area contributed by atoms with E-state index >= 15 is 0 Å². The SMILES string of the molecule is Cc1ccc2c(N3CCN(S(C)(=O)=O)CC3)nc(-c3ccccc3O)nc2c1. The van der Waals surface area contributed by atoms with Gasteiger partial charge in [0.2, 0.25) is 10.0 Å². The third kappa shape index (κ3) is 3.53. The average Bonchev–Trinajstić information content (AvgIpc) is 2.66. The van der Waals surface area contributed by atoms with Crippen LogP contribution in [-0.2, 0) is 10.0 Å². The van der Waals surface area contributed by atoms with Crippen LogP contribution in [0, 0.1) is 6.92 Å². The second kappa shape index (κ2) is 7.03. The second-order valence-corrected chi connectivity index (χ2v) is 9.04. The number of para-hydroxylation sites is 1. The van der Waals surface area contributed by atoms with Gasteiger partial charge < -0.3 is 10.0 Å². The van der Waals surface area contributed by atoms with Gasteiger partial charge in [-0.25, -0.2) is 18.4 Å². The third-order valence-corrected chi connectivity index (χ3v) is 6.29. The largest absolute Gasteiger partial charge is 0.507 e. The summed E-state index contributed by atoms with van der Waals surface area (Å²) in [5.74, 6) is 1.34. The molecule has 1 fully saturated rings. The first kappa shape index (κ1) is 18.6. The van der Waals surface area contributed by atoms with Crippen molar-refractivity contribution in [2.75, 3.05) is 37.3 Å². The Morgan fingerprint density at radius 2 is 1.71 bits per heavy atom. The van der Waals surface area contributed by atoms with Crippen molar-refractivity contribution >= 4 is 26.7 Å². The molecular weight excluding hydrogens is 376 g/mol. The fourth-order valence-electron chi connectivity index (χ4n) is 3.48. The quantitative estimate of drug-likeness (QED) is 0.729. The van der Waals surface area contributed by atoms with E-state index in [9.17, 15) is 13.5 Å². The van der Waals surface area contributed by atoms with E-state index in [-0.39, 0.29) is 5.75 Å². The van der Waals surface area contributed by atoms with E-state index in [1.807, 2.05) is 31.2 Å². The monoisotopic (exact) mass is 398 g/mol. The molecule has 4 rings (SSSR count). The number of fused-ring (bicyclic) bond motifs is 1. The highest BCUT2D eigenvalue weighted by molar-refractivity contribution is 7.88. The van der Waals surface area contributed by atoms with Crippen LogP contribution in [0.1, 0.15) is 5.56 Å². The van der Waals surface area contributed by atoms with Crippen LogP contribution < -0.4 is 4.90 Å². The number of sulfonamides is 1. The van der Waals surface area contributed by atoms with Gasteiger partial charge in [-0.1, -0.05) is 18.2 Å². The molecule has 1 N–H and O–H groups in total. The number of anilines is 1. The Balaban J connectivity index is 1.80. The number of hydrogen-bond donors (Lipinski definition) is 1. The van der Waals surface area contributed by atoms with Crippen LogP contribution in [0.5, 0.6) is 5.75 Å². The lowest BCUT2D eigenvalue weighted by Gasteiger charge is -2.34. The van der Waals surface area contributed by atoms with Crippen LogP contribution >= 0.6 is 0 Å². The highest BCUT2D eigenvalue weighted by Gasteiger charge is 2.26. The Morgan fingerprint density at radius 3 is 2.39 bits per heavy atom. The van der Waals surface area contributed by atoms with E-state index < -0.39 is 10.0 Å². The van der Waals surface area contributed by atoms with Gasteiger partial charge in [0.1, 0.15) is 11.6 Å². The number of aromatic nitrogens is 2. The number of benzene rings is 2. The van der Waals surface area contributed by atoms with Crippen LogP contribution in [0.25, 0.3) is 22.3 Å². The summed E-state index contributed by atoms with van der Waals surface area (Å²) in [4.78, 5) is 11.5. The number of nitrogens with zero attached hydrogens (tertiary/aromatic N) is 4. The number of hydrogen-bond acceptors (Lipinski definition) is 6. The van der Waals surface area contributed by atoms with Gasteiger partial charge in [-0.05, 0) is 36.8 Å². The standard InChI is InChI=1S/C20H22N4O3S/c1-14-7-8-15-17(13-14)21-19(16-5-3-4-6-18(16)25)22-20(15)23-9-11-24(12-10-23)28(2,26)27/h3-8,13,25H,9-12H2,1-2H3. The Bertz CT molecular complexity index is 1140. The highest BCUT2D eigenvalue weighted by Crippen LogP contribution is 2.32. The summed E-state index contributed by atoms with van der Waals surface area (Å²) in [6, 6.07) is 13.0. The van der Waals surface area contributed by atoms with Gasteiger partial charge in [-0.2, -0.15) is 4.31 Å². The summed E-state index contributed by atoms with van der Waals surface area (Å²) in [7, 11) is -3.20. The summed E-state index contributed by atoms with van der Waals surface area (Å²) >= 11 is 0. The molecule has 1 aliphatic rings. The Labute approximate surface area is 164 Å². The van der Waals surface area contributed by atoms with E-state index in [1.54, 1.807) is 18.2 Å². The van der Waals surface area contributed by atoms with Crippen molar-refractivity contribution in [3.8, 4) is 17.1 Å². The van der Waals surface area contributed by atoms with Gasteiger partial charge in [0.15, 0.2) is 5.82 Å². The highest BCUT2D eigenvalue weighted by atomic mass is 32.2. The van der Waals surface area contributed by atoms with E-state index in [0.717, 1.165) is 22.3 Å². The van der Waals surface area contributed by atoms with Gasteiger partial charge in [0.25, 0.3) is 0 Å². The number of phenolic OH excluding ortho intramolecular Hbond substituents is 1. The minimum atomic E-state index is -3.20. The molecule has 0 amide bonds. The van der Waals surface area contributed by atoms with Crippen molar-refractivity contribution < 1.29 is 13.5 Å². The molecule has 8 heteroatoms. The molecule has 28 heavy (non-hydrogen) atoms. The number of aryl methyl sites for hydroxylation is 1. The molecule has 2 aromatic carbocycles. The Morgan fingerprint density at radius 1 is 1.00 bits per heavy atom. The molecule has 3 aromatic rings. The zero-order valence-corrected chi connectivity index (χ0v) is 16.6.